The van der Waals surface area contributed by atoms with E-state index in [2.05, 4.69) is 50.8 Å². The quantitative estimate of drug-likeness (QED) is 0.648. The summed E-state index contributed by atoms with van der Waals surface area (Å²) in [6.45, 7) is 6.86. The van der Waals surface area contributed by atoms with Gasteiger partial charge in [-0.1, -0.05) is 27.2 Å². The minimum absolute atomic E-state index is 0.343. The molecular weight excluding hydrogens is 146 g/mol. The van der Waals surface area contributed by atoms with Crippen molar-refractivity contribution in [3.05, 3.63) is 24.0 Å². The molecule has 1 nitrogen and oxygen atoms in total. The Morgan fingerprint density at radius 2 is 2.08 bits per heavy atom. The zero-order valence-electron chi connectivity index (χ0n) is 8.59. The highest BCUT2D eigenvalue weighted by Crippen LogP contribution is 2.27. The summed E-state index contributed by atoms with van der Waals surface area (Å²) in [5, 5.41) is 0. The van der Waals surface area contributed by atoms with Gasteiger partial charge in [0.2, 0.25) is 0 Å². The number of hydrogen-bond acceptors (Lipinski definition) is 0. The standard InChI is InChI=1S/C11H19N/c1-5-7-11(2,3)10-6-8-12(4)9-10/h6,8-9H,5,7H2,1-4H3. The van der Waals surface area contributed by atoms with Gasteiger partial charge < -0.3 is 4.57 Å². The molecule has 1 aromatic heterocycles. The van der Waals surface area contributed by atoms with Crippen LogP contribution in [0, 0.1) is 0 Å². The summed E-state index contributed by atoms with van der Waals surface area (Å²) < 4.78 is 2.12. The maximum Gasteiger partial charge on any atom is 0.0106 e. The molecule has 0 bridgehead atoms. The van der Waals surface area contributed by atoms with Crippen LogP contribution in [-0.4, -0.2) is 4.57 Å². The maximum atomic E-state index is 2.31. The first kappa shape index (κ1) is 9.37. The molecule has 1 heterocycles. The first-order valence-electron chi connectivity index (χ1n) is 4.68. The molecule has 1 heteroatoms. The Balaban J connectivity index is 2.81. The van der Waals surface area contributed by atoms with E-state index in [1.807, 2.05) is 0 Å². The van der Waals surface area contributed by atoms with Gasteiger partial charge in [0.15, 0.2) is 0 Å². The van der Waals surface area contributed by atoms with Crippen LogP contribution in [0.15, 0.2) is 18.5 Å². The monoisotopic (exact) mass is 165 g/mol. The Bertz CT molecular complexity index is 245. The van der Waals surface area contributed by atoms with Crippen LogP contribution in [0.3, 0.4) is 0 Å². The van der Waals surface area contributed by atoms with Crippen LogP contribution in [0.4, 0.5) is 0 Å². The van der Waals surface area contributed by atoms with Crippen LogP contribution in [0.5, 0.6) is 0 Å². The third-order valence-corrected chi connectivity index (χ3v) is 2.49. The van der Waals surface area contributed by atoms with Crippen LogP contribution >= 0.6 is 0 Å². The third kappa shape index (κ3) is 1.90. The van der Waals surface area contributed by atoms with Gasteiger partial charge in [-0.25, -0.2) is 0 Å². The Morgan fingerprint density at radius 3 is 2.50 bits per heavy atom. The lowest BCUT2D eigenvalue weighted by Gasteiger charge is -2.22. The molecule has 0 saturated carbocycles. The lowest BCUT2D eigenvalue weighted by molar-refractivity contribution is 0.473. The molecule has 0 aliphatic rings. The fraction of sp³-hybridized carbons (Fsp3) is 0.636. The lowest BCUT2D eigenvalue weighted by atomic mass is 9.82. The third-order valence-electron chi connectivity index (χ3n) is 2.49. The fourth-order valence-corrected chi connectivity index (χ4v) is 1.67. The Labute approximate surface area is 75.4 Å². The SMILES string of the molecule is CCCC(C)(C)c1ccn(C)c1. The predicted molar refractivity (Wildman–Crippen MR) is 53.3 cm³/mol. The Morgan fingerprint density at radius 1 is 1.42 bits per heavy atom. The summed E-state index contributed by atoms with van der Waals surface area (Å²) in [6.07, 6.45) is 6.85. The van der Waals surface area contributed by atoms with Crippen molar-refractivity contribution in [2.75, 3.05) is 0 Å². The molecule has 0 aliphatic carbocycles. The van der Waals surface area contributed by atoms with Gasteiger partial charge in [0.05, 0.1) is 0 Å². The minimum Gasteiger partial charge on any atom is -0.357 e. The highest BCUT2D eigenvalue weighted by molar-refractivity contribution is 5.20. The molecule has 0 saturated heterocycles. The predicted octanol–water partition coefficient (Wildman–Crippen LogP) is 3.10. The molecular formula is C11H19N. The molecule has 1 aromatic rings. The van der Waals surface area contributed by atoms with E-state index in [0.29, 0.717) is 5.41 Å². The van der Waals surface area contributed by atoms with E-state index >= 15 is 0 Å². The van der Waals surface area contributed by atoms with E-state index in [4.69, 9.17) is 0 Å². The van der Waals surface area contributed by atoms with Gasteiger partial charge in [-0.15, -0.1) is 0 Å². The van der Waals surface area contributed by atoms with E-state index in [1.54, 1.807) is 0 Å². The second-order valence-corrected chi connectivity index (χ2v) is 4.20. The number of hydrogen-bond donors (Lipinski definition) is 0. The minimum atomic E-state index is 0.343. The first-order valence-corrected chi connectivity index (χ1v) is 4.68. The van der Waals surface area contributed by atoms with Gasteiger partial charge in [-0.05, 0) is 23.5 Å². The molecule has 1 rings (SSSR count). The average molecular weight is 165 g/mol. The molecule has 0 spiro atoms. The summed E-state index contributed by atoms with van der Waals surface area (Å²) in [6, 6.07) is 2.22. The van der Waals surface area contributed by atoms with E-state index in [9.17, 15) is 0 Å². The summed E-state index contributed by atoms with van der Waals surface area (Å²) in [5.41, 5.74) is 1.79. The normalized spacial score (nSPS) is 12.0. The van der Waals surface area contributed by atoms with Crippen molar-refractivity contribution in [1.82, 2.24) is 4.57 Å². The number of aryl methyl sites for hydroxylation is 1. The lowest BCUT2D eigenvalue weighted by Crippen LogP contribution is -2.15. The highest BCUT2D eigenvalue weighted by Gasteiger charge is 2.19. The largest absolute Gasteiger partial charge is 0.357 e. The first-order chi connectivity index (χ1) is 5.56. The molecule has 12 heavy (non-hydrogen) atoms. The van der Waals surface area contributed by atoms with Crippen molar-refractivity contribution >= 4 is 0 Å². The number of nitrogens with zero attached hydrogens (tertiary/aromatic N) is 1. The zero-order chi connectivity index (χ0) is 9.19. The molecule has 0 aliphatic heterocycles. The van der Waals surface area contributed by atoms with Crippen molar-refractivity contribution in [3.8, 4) is 0 Å². The summed E-state index contributed by atoms with van der Waals surface area (Å²) in [7, 11) is 2.07. The van der Waals surface area contributed by atoms with Gasteiger partial charge in [0.1, 0.15) is 0 Å². The maximum absolute atomic E-state index is 2.31. The van der Waals surface area contributed by atoms with Crippen LogP contribution < -0.4 is 0 Å². The molecule has 0 amide bonds. The van der Waals surface area contributed by atoms with Gasteiger partial charge in [-0.3, -0.25) is 0 Å². The van der Waals surface area contributed by atoms with Gasteiger partial charge in [-0.2, -0.15) is 0 Å². The van der Waals surface area contributed by atoms with E-state index in [1.165, 1.54) is 18.4 Å². The average Bonchev–Trinajstić information content (AvgIpc) is 2.36. The molecule has 0 N–H and O–H groups in total. The number of rotatable bonds is 3. The summed E-state index contributed by atoms with van der Waals surface area (Å²) >= 11 is 0. The molecule has 0 unspecified atom stereocenters. The van der Waals surface area contributed by atoms with E-state index < -0.39 is 0 Å². The van der Waals surface area contributed by atoms with Crippen molar-refractivity contribution in [1.29, 1.82) is 0 Å². The molecule has 0 aromatic carbocycles. The highest BCUT2D eigenvalue weighted by atomic mass is 14.9. The molecule has 68 valence electrons. The van der Waals surface area contributed by atoms with Gasteiger partial charge in [0.25, 0.3) is 0 Å². The Kier molecular flexibility index (Phi) is 2.61. The van der Waals surface area contributed by atoms with Crippen molar-refractivity contribution in [2.24, 2.45) is 7.05 Å². The van der Waals surface area contributed by atoms with Crippen LogP contribution in [-0.2, 0) is 12.5 Å². The van der Waals surface area contributed by atoms with E-state index in [-0.39, 0.29) is 0 Å². The molecule has 0 atom stereocenters. The van der Waals surface area contributed by atoms with Gasteiger partial charge in [0, 0.05) is 19.4 Å². The molecule has 0 fully saturated rings. The van der Waals surface area contributed by atoms with Crippen molar-refractivity contribution in [2.45, 2.75) is 39.0 Å². The van der Waals surface area contributed by atoms with Crippen LogP contribution in [0.25, 0.3) is 0 Å². The van der Waals surface area contributed by atoms with Crippen LogP contribution in [0.1, 0.15) is 39.2 Å². The van der Waals surface area contributed by atoms with Crippen LogP contribution in [0.2, 0.25) is 0 Å². The van der Waals surface area contributed by atoms with Crippen molar-refractivity contribution < 1.29 is 0 Å². The topological polar surface area (TPSA) is 4.93 Å². The number of aromatic nitrogens is 1. The smallest absolute Gasteiger partial charge is 0.0106 e. The zero-order valence-corrected chi connectivity index (χ0v) is 8.59. The second-order valence-electron chi connectivity index (χ2n) is 4.20. The fourth-order valence-electron chi connectivity index (χ4n) is 1.67. The molecule has 0 radical (unpaired) electrons. The summed E-state index contributed by atoms with van der Waals surface area (Å²) in [4.78, 5) is 0. The van der Waals surface area contributed by atoms with Crippen molar-refractivity contribution in [3.63, 3.8) is 0 Å². The summed E-state index contributed by atoms with van der Waals surface area (Å²) in [5.74, 6) is 0. The Hall–Kier alpha value is -0.720. The van der Waals surface area contributed by atoms with E-state index in [0.717, 1.165) is 0 Å². The second kappa shape index (κ2) is 3.34. The van der Waals surface area contributed by atoms with Gasteiger partial charge >= 0.3 is 0 Å².